The fraction of sp³-hybridized carbons (Fsp3) is 0.0588. The molecule has 0 aliphatic rings. The van der Waals surface area contributed by atoms with Crippen LogP contribution in [-0.2, 0) is 6.73 Å². The van der Waals surface area contributed by atoms with E-state index < -0.39 is 15.8 Å². The fourth-order valence-corrected chi connectivity index (χ4v) is 2.75. The summed E-state index contributed by atoms with van der Waals surface area (Å²) in [5.41, 5.74) is -0.580. The minimum atomic E-state index is -0.674. The van der Waals surface area contributed by atoms with Crippen LogP contribution in [0.25, 0.3) is 0 Å². The van der Waals surface area contributed by atoms with Gasteiger partial charge >= 0.3 is 0 Å². The number of aromatic nitrogens is 2. The van der Waals surface area contributed by atoms with Crippen molar-refractivity contribution in [3.63, 3.8) is 0 Å². The first kappa shape index (κ1) is 21.0. The molecule has 0 aliphatic heterocycles. The van der Waals surface area contributed by atoms with E-state index in [0.717, 1.165) is 12.1 Å². The lowest BCUT2D eigenvalue weighted by Crippen LogP contribution is -2.15. The molecule has 30 heavy (non-hydrogen) atoms. The number of hydrogen-bond donors (Lipinski definition) is 1. The van der Waals surface area contributed by atoms with E-state index in [1.165, 1.54) is 41.2 Å². The number of anilines is 1. The fourth-order valence-electron chi connectivity index (χ4n) is 2.36. The third-order valence-corrected chi connectivity index (χ3v) is 4.29. The molecule has 0 aliphatic carbocycles. The molecule has 3 rings (SSSR count). The Morgan fingerprint density at radius 2 is 1.87 bits per heavy atom. The molecule has 0 spiro atoms. The van der Waals surface area contributed by atoms with Gasteiger partial charge in [-0.1, -0.05) is 23.2 Å². The van der Waals surface area contributed by atoms with Crippen LogP contribution in [0.2, 0.25) is 10.0 Å². The van der Waals surface area contributed by atoms with Crippen LogP contribution in [0.15, 0.2) is 48.7 Å². The average molecular weight is 452 g/mol. The van der Waals surface area contributed by atoms with E-state index in [9.17, 15) is 25.0 Å². The van der Waals surface area contributed by atoms with Crippen molar-refractivity contribution in [2.45, 2.75) is 6.73 Å². The molecule has 13 heteroatoms. The van der Waals surface area contributed by atoms with E-state index in [2.05, 4.69) is 10.4 Å². The van der Waals surface area contributed by atoms with Gasteiger partial charge in [-0.05, 0) is 24.3 Å². The number of rotatable bonds is 7. The first-order valence-electron chi connectivity index (χ1n) is 8.10. The predicted molar refractivity (Wildman–Crippen MR) is 107 cm³/mol. The van der Waals surface area contributed by atoms with E-state index in [-0.39, 0.29) is 45.3 Å². The average Bonchev–Trinajstić information content (AvgIpc) is 3.17. The summed E-state index contributed by atoms with van der Waals surface area (Å²) in [5, 5.41) is 28.5. The highest BCUT2D eigenvalue weighted by Crippen LogP contribution is 2.29. The maximum atomic E-state index is 12.3. The molecule has 0 atom stereocenters. The number of hydrogen-bond acceptors (Lipinski definition) is 7. The van der Waals surface area contributed by atoms with Crippen LogP contribution in [0.1, 0.15) is 10.5 Å². The smallest absolute Gasteiger partial charge is 0.294 e. The highest BCUT2D eigenvalue weighted by molar-refractivity contribution is 6.32. The Balaban J connectivity index is 1.67. The van der Waals surface area contributed by atoms with Crippen molar-refractivity contribution in [1.82, 2.24) is 9.78 Å². The summed E-state index contributed by atoms with van der Waals surface area (Å²) in [6.07, 6.45) is 1.45. The zero-order valence-corrected chi connectivity index (χ0v) is 16.3. The first-order valence-corrected chi connectivity index (χ1v) is 8.85. The van der Waals surface area contributed by atoms with Gasteiger partial charge in [0.15, 0.2) is 12.4 Å². The van der Waals surface area contributed by atoms with E-state index in [1.807, 2.05) is 0 Å². The van der Waals surface area contributed by atoms with E-state index in [0.29, 0.717) is 0 Å². The van der Waals surface area contributed by atoms with Crippen molar-refractivity contribution < 1.29 is 19.4 Å². The van der Waals surface area contributed by atoms with Crippen LogP contribution in [0.3, 0.4) is 0 Å². The van der Waals surface area contributed by atoms with Gasteiger partial charge in [-0.15, -0.1) is 0 Å². The molecule has 1 amide bonds. The van der Waals surface area contributed by atoms with Gasteiger partial charge < -0.3 is 10.1 Å². The molecule has 11 nitrogen and oxygen atoms in total. The monoisotopic (exact) mass is 451 g/mol. The summed E-state index contributed by atoms with van der Waals surface area (Å²) in [7, 11) is 0. The molecule has 2 aromatic carbocycles. The second-order valence-electron chi connectivity index (χ2n) is 5.76. The summed E-state index contributed by atoms with van der Waals surface area (Å²) in [5.74, 6) is -0.479. The molecule has 0 bridgehead atoms. The molecule has 0 unspecified atom stereocenters. The maximum absolute atomic E-state index is 12.3. The largest absolute Gasteiger partial charge is 0.470 e. The van der Waals surface area contributed by atoms with Crippen LogP contribution >= 0.6 is 23.2 Å². The Hall–Kier alpha value is -3.70. The lowest BCUT2D eigenvalue weighted by atomic mass is 10.2. The molecule has 1 heterocycles. The van der Waals surface area contributed by atoms with Crippen molar-refractivity contribution in [1.29, 1.82) is 0 Å². The highest BCUT2D eigenvalue weighted by atomic mass is 35.5. The first-order chi connectivity index (χ1) is 14.2. The molecule has 0 saturated heterocycles. The van der Waals surface area contributed by atoms with E-state index >= 15 is 0 Å². The summed E-state index contributed by atoms with van der Waals surface area (Å²) in [6.45, 7) is -0.133. The third kappa shape index (κ3) is 4.82. The van der Waals surface area contributed by atoms with Gasteiger partial charge in [-0.2, -0.15) is 5.10 Å². The van der Waals surface area contributed by atoms with Gasteiger partial charge in [0, 0.05) is 29.4 Å². The number of ether oxygens (including phenoxy) is 1. The van der Waals surface area contributed by atoms with Gasteiger partial charge in [0.2, 0.25) is 0 Å². The van der Waals surface area contributed by atoms with Crippen molar-refractivity contribution in [3.8, 4) is 5.75 Å². The molecule has 1 N–H and O–H groups in total. The van der Waals surface area contributed by atoms with Crippen LogP contribution in [-0.4, -0.2) is 25.5 Å². The number of nitrogens with one attached hydrogen (secondary N) is 1. The van der Waals surface area contributed by atoms with Gasteiger partial charge in [0.25, 0.3) is 17.3 Å². The van der Waals surface area contributed by atoms with Gasteiger partial charge in [0.1, 0.15) is 11.4 Å². The van der Waals surface area contributed by atoms with Gasteiger partial charge in [-0.3, -0.25) is 25.0 Å². The Bertz CT molecular complexity index is 1150. The lowest BCUT2D eigenvalue weighted by Gasteiger charge is -2.08. The molecule has 154 valence electrons. The number of halogens is 2. The minimum absolute atomic E-state index is 0.0161. The summed E-state index contributed by atoms with van der Waals surface area (Å²) in [6, 6.07) is 8.96. The SMILES string of the molecule is O=C(Nc1ccc(Cl)cc1[N+](=O)[O-])c1ccn(COc2ccc([N+](=O)[O-])cc2Cl)n1. The standard InChI is InChI=1S/C17H11Cl2N5O6/c18-10-1-3-13(15(7-10)24(28)29)20-17(25)14-5-6-22(21-14)9-30-16-4-2-11(23(26)27)8-12(16)19/h1-8H,9H2,(H,20,25). The van der Waals surface area contributed by atoms with E-state index in [1.54, 1.807) is 0 Å². The highest BCUT2D eigenvalue weighted by Gasteiger charge is 2.19. The Kier molecular flexibility index (Phi) is 6.14. The number of nitro benzene ring substituents is 2. The van der Waals surface area contributed by atoms with Crippen LogP contribution in [0.5, 0.6) is 5.75 Å². The maximum Gasteiger partial charge on any atom is 0.294 e. The molecule has 3 aromatic rings. The molecular weight excluding hydrogens is 441 g/mol. The Labute approximate surface area is 178 Å². The predicted octanol–water partition coefficient (Wildman–Crippen LogP) is 4.30. The van der Waals surface area contributed by atoms with Gasteiger partial charge in [0.05, 0.1) is 14.9 Å². The number of non-ortho nitro benzene ring substituents is 1. The van der Waals surface area contributed by atoms with Crippen molar-refractivity contribution in [2.75, 3.05) is 5.32 Å². The van der Waals surface area contributed by atoms with Crippen molar-refractivity contribution in [3.05, 3.63) is 84.6 Å². The zero-order valence-electron chi connectivity index (χ0n) is 14.8. The lowest BCUT2D eigenvalue weighted by molar-refractivity contribution is -0.384. The summed E-state index contributed by atoms with van der Waals surface area (Å²) >= 11 is 11.7. The summed E-state index contributed by atoms with van der Waals surface area (Å²) in [4.78, 5) is 32.9. The summed E-state index contributed by atoms with van der Waals surface area (Å²) < 4.78 is 6.72. The normalized spacial score (nSPS) is 10.5. The molecule has 0 saturated carbocycles. The molecule has 0 radical (unpaired) electrons. The number of nitrogens with zero attached hydrogens (tertiary/aromatic N) is 4. The quantitative estimate of drug-likeness (QED) is 0.416. The van der Waals surface area contributed by atoms with Crippen molar-refractivity contribution >= 4 is 46.2 Å². The molecule has 0 fully saturated rings. The second kappa shape index (κ2) is 8.76. The topological polar surface area (TPSA) is 142 Å². The number of carbonyl (C=O) groups is 1. The van der Waals surface area contributed by atoms with E-state index in [4.69, 9.17) is 27.9 Å². The van der Waals surface area contributed by atoms with Gasteiger partial charge in [-0.25, -0.2) is 4.68 Å². The van der Waals surface area contributed by atoms with Crippen LogP contribution < -0.4 is 10.1 Å². The second-order valence-corrected chi connectivity index (χ2v) is 6.60. The molecule has 1 aromatic heterocycles. The Morgan fingerprint density at radius 1 is 1.10 bits per heavy atom. The zero-order chi connectivity index (χ0) is 21.8. The Morgan fingerprint density at radius 3 is 2.53 bits per heavy atom. The van der Waals surface area contributed by atoms with Crippen LogP contribution in [0.4, 0.5) is 17.1 Å². The number of carbonyl (C=O) groups excluding carboxylic acids is 1. The number of nitro groups is 2. The molecular formula is C17H11Cl2N5O6. The number of benzene rings is 2. The third-order valence-electron chi connectivity index (χ3n) is 3.76. The van der Waals surface area contributed by atoms with Crippen molar-refractivity contribution in [2.24, 2.45) is 0 Å². The number of amides is 1. The van der Waals surface area contributed by atoms with Crippen LogP contribution in [0, 0.1) is 20.2 Å². The minimum Gasteiger partial charge on any atom is -0.470 e.